The van der Waals surface area contributed by atoms with Crippen molar-refractivity contribution in [3.05, 3.63) is 58.8 Å². The van der Waals surface area contributed by atoms with E-state index in [1.165, 1.54) is 30.4 Å². The van der Waals surface area contributed by atoms with Crippen LogP contribution >= 0.6 is 0 Å². The molecular weight excluding hydrogens is 452 g/mol. The van der Waals surface area contributed by atoms with Crippen LogP contribution in [0.15, 0.2) is 36.4 Å². The predicted molar refractivity (Wildman–Crippen MR) is 140 cm³/mol. The smallest absolute Gasteiger partial charge is 0.312 e. The number of benzene rings is 1. The van der Waals surface area contributed by atoms with Gasteiger partial charge in [0, 0.05) is 25.3 Å². The second-order valence-electron chi connectivity index (χ2n) is 10.7. The Balaban J connectivity index is 1.09. The van der Waals surface area contributed by atoms with Gasteiger partial charge in [0.25, 0.3) is 0 Å². The van der Waals surface area contributed by atoms with E-state index >= 15 is 0 Å². The summed E-state index contributed by atoms with van der Waals surface area (Å²) in [7, 11) is 0. The lowest BCUT2D eigenvalue weighted by atomic mass is 9.94. The lowest BCUT2D eigenvalue weighted by Gasteiger charge is -2.32. The van der Waals surface area contributed by atoms with Crippen LogP contribution in [0.1, 0.15) is 72.7 Å². The number of aryl methyl sites for hydroxylation is 2. The number of carboxylic acids is 1. The Morgan fingerprint density at radius 3 is 2.89 bits per heavy atom. The van der Waals surface area contributed by atoms with Gasteiger partial charge in [0.2, 0.25) is 5.91 Å². The van der Waals surface area contributed by atoms with Crippen LogP contribution in [0.4, 0.5) is 5.82 Å². The number of nitrogens with one attached hydrogen (secondary N) is 2. The van der Waals surface area contributed by atoms with Gasteiger partial charge in [0.15, 0.2) is 0 Å². The summed E-state index contributed by atoms with van der Waals surface area (Å²) in [4.78, 5) is 32.1. The molecule has 2 aromatic rings. The largest absolute Gasteiger partial charge is 0.481 e. The van der Waals surface area contributed by atoms with Gasteiger partial charge in [-0.2, -0.15) is 0 Å². The number of pyridine rings is 1. The maximum Gasteiger partial charge on any atom is 0.312 e. The number of anilines is 1. The number of amides is 1. The van der Waals surface area contributed by atoms with E-state index in [1.54, 1.807) is 0 Å². The Morgan fingerprint density at radius 2 is 2.06 bits per heavy atom. The van der Waals surface area contributed by atoms with Crippen molar-refractivity contribution in [3.8, 4) is 0 Å². The van der Waals surface area contributed by atoms with Crippen LogP contribution < -0.4 is 10.6 Å². The molecule has 0 bridgehead atoms. The normalized spacial score (nSPS) is 20.7. The highest BCUT2D eigenvalue weighted by Crippen LogP contribution is 2.40. The number of rotatable bonds is 10. The zero-order valence-corrected chi connectivity index (χ0v) is 21.0. The zero-order valence-electron chi connectivity index (χ0n) is 21.0. The van der Waals surface area contributed by atoms with Gasteiger partial charge in [-0.15, -0.1) is 0 Å². The van der Waals surface area contributed by atoms with Crippen LogP contribution in [0, 0.1) is 5.92 Å². The third-order valence-corrected chi connectivity index (χ3v) is 7.88. The van der Waals surface area contributed by atoms with Crippen LogP contribution in [0.25, 0.3) is 0 Å². The lowest BCUT2D eigenvalue weighted by molar-refractivity contribution is -0.138. The van der Waals surface area contributed by atoms with E-state index in [0.717, 1.165) is 75.4 Å². The molecule has 36 heavy (non-hydrogen) atoms. The first-order chi connectivity index (χ1) is 17.6. The van der Waals surface area contributed by atoms with Crippen molar-refractivity contribution in [2.75, 3.05) is 38.0 Å². The minimum Gasteiger partial charge on any atom is -0.481 e. The number of aliphatic carboxylic acids is 1. The summed E-state index contributed by atoms with van der Waals surface area (Å²) in [5, 5.41) is 16.2. The molecule has 0 radical (unpaired) electrons. The molecule has 3 aliphatic rings. The van der Waals surface area contributed by atoms with E-state index in [1.807, 2.05) is 18.2 Å². The van der Waals surface area contributed by atoms with Crippen molar-refractivity contribution < 1.29 is 14.7 Å². The van der Waals surface area contributed by atoms with Crippen LogP contribution in [-0.2, 0) is 22.4 Å². The fourth-order valence-electron chi connectivity index (χ4n) is 5.61. The number of carboxylic acid groups (broad SMARTS) is 1. The zero-order chi connectivity index (χ0) is 24.9. The molecular formula is C29H38N4O3. The molecule has 0 spiro atoms. The second-order valence-corrected chi connectivity index (χ2v) is 10.7. The number of hydrogen-bond donors (Lipinski definition) is 3. The Bertz CT molecular complexity index is 1080. The third kappa shape index (κ3) is 6.25. The van der Waals surface area contributed by atoms with E-state index in [0.29, 0.717) is 5.92 Å². The van der Waals surface area contributed by atoms with Gasteiger partial charge in [-0.05, 0) is 93.1 Å². The van der Waals surface area contributed by atoms with E-state index in [2.05, 4.69) is 33.7 Å². The van der Waals surface area contributed by atoms with Crippen LogP contribution in [0.5, 0.6) is 0 Å². The fourth-order valence-corrected chi connectivity index (χ4v) is 5.61. The maximum absolute atomic E-state index is 13.0. The highest BCUT2D eigenvalue weighted by molar-refractivity contribution is 5.81. The van der Waals surface area contributed by atoms with Gasteiger partial charge in [0.05, 0.1) is 11.8 Å². The standard InChI is InChI=1S/C29H38N4O3/c34-28(31-18-26(29(35)36)23-6-1-5-22(17-23)20-10-11-20)24-8-3-15-33(19-24)16-4-9-25-13-12-21-7-2-14-30-27(21)32-25/h1,5-6,12-13,17,20,24,26H,2-4,7-11,14-16,18-19H2,(H,30,32)(H,31,34)(H,35,36). The number of nitrogens with zero attached hydrogens (tertiary/aromatic N) is 2. The van der Waals surface area contributed by atoms with Crippen LogP contribution in [0.2, 0.25) is 0 Å². The molecule has 1 saturated heterocycles. The third-order valence-electron chi connectivity index (χ3n) is 7.88. The van der Waals surface area contributed by atoms with E-state index < -0.39 is 11.9 Å². The number of fused-ring (bicyclic) bond motifs is 1. The molecule has 1 saturated carbocycles. The summed E-state index contributed by atoms with van der Waals surface area (Å²) < 4.78 is 0. The van der Waals surface area contributed by atoms with Crippen molar-refractivity contribution in [3.63, 3.8) is 0 Å². The van der Waals surface area contributed by atoms with Gasteiger partial charge in [0.1, 0.15) is 5.82 Å². The van der Waals surface area contributed by atoms with Crippen molar-refractivity contribution in [1.82, 2.24) is 15.2 Å². The summed E-state index contributed by atoms with van der Waals surface area (Å²) in [5.41, 5.74) is 4.44. The van der Waals surface area contributed by atoms with Gasteiger partial charge in [-0.25, -0.2) is 4.98 Å². The Labute approximate surface area is 213 Å². The molecule has 1 aliphatic carbocycles. The summed E-state index contributed by atoms with van der Waals surface area (Å²) in [6.45, 7) is 3.83. The number of aromatic nitrogens is 1. The fraction of sp³-hybridized carbons (Fsp3) is 0.552. The van der Waals surface area contributed by atoms with Crippen LogP contribution in [0.3, 0.4) is 0 Å². The van der Waals surface area contributed by atoms with Crippen molar-refractivity contribution in [2.24, 2.45) is 5.92 Å². The summed E-state index contributed by atoms with van der Waals surface area (Å²) in [6.07, 6.45) is 8.42. The van der Waals surface area contributed by atoms with Gasteiger partial charge in [-0.3, -0.25) is 9.59 Å². The minimum absolute atomic E-state index is 0.0216. The Hall–Kier alpha value is -2.93. The van der Waals surface area contributed by atoms with E-state index in [4.69, 9.17) is 4.98 Å². The number of carbonyl (C=O) groups is 2. The van der Waals surface area contributed by atoms with Gasteiger partial charge in [-0.1, -0.05) is 30.3 Å². The molecule has 3 heterocycles. The van der Waals surface area contributed by atoms with Crippen molar-refractivity contribution in [1.29, 1.82) is 0 Å². The molecule has 5 rings (SSSR count). The Kier molecular flexibility index (Phi) is 7.85. The highest BCUT2D eigenvalue weighted by Gasteiger charge is 2.29. The molecule has 192 valence electrons. The molecule has 1 aromatic heterocycles. The number of likely N-dealkylation sites (tertiary alicyclic amines) is 1. The first-order valence-electron chi connectivity index (χ1n) is 13.6. The lowest BCUT2D eigenvalue weighted by Crippen LogP contribution is -2.44. The summed E-state index contributed by atoms with van der Waals surface area (Å²) in [6, 6.07) is 12.3. The molecule has 3 N–H and O–H groups in total. The molecule has 2 unspecified atom stereocenters. The molecule has 7 nitrogen and oxygen atoms in total. The van der Waals surface area contributed by atoms with Crippen molar-refractivity contribution >= 4 is 17.7 Å². The topological polar surface area (TPSA) is 94.6 Å². The molecule has 2 atom stereocenters. The number of piperidine rings is 1. The molecule has 1 amide bonds. The van der Waals surface area contributed by atoms with Crippen LogP contribution in [-0.4, -0.2) is 59.6 Å². The average Bonchev–Trinajstić information content (AvgIpc) is 3.75. The quantitative estimate of drug-likeness (QED) is 0.467. The number of hydrogen-bond acceptors (Lipinski definition) is 5. The molecule has 2 fully saturated rings. The average molecular weight is 491 g/mol. The monoisotopic (exact) mass is 490 g/mol. The summed E-state index contributed by atoms with van der Waals surface area (Å²) in [5.74, 6) is -0.0940. The summed E-state index contributed by atoms with van der Waals surface area (Å²) >= 11 is 0. The van der Waals surface area contributed by atoms with E-state index in [9.17, 15) is 14.7 Å². The second kappa shape index (κ2) is 11.4. The Morgan fingerprint density at radius 1 is 1.17 bits per heavy atom. The van der Waals surface area contributed by atoms with Crippen molar-refractivity contribution in [2.45, 2.75) is 63.2 Å². The first-order valence-corrected chi connectivity index (χ1v) is 13.6. The van der Waals surface area contributed by atoms with E-state index in [-0.39, 0.29) is 18.4 Å². The SMILES string of the molecule is O=C(NCC(C(=O)O)c1cccc(C2CC2)c1)C1CCCN(CCCc2ccc3c(n2)NCCC3)C1. The number of carbonyl (C=O) groups excluding carboxylic acids is 1. The first kappa shape index (κ1) is 24.8. The molecule has 7 heteroatoms. The molecule has 1 aromatic carbocycles. The highest BCUT2D eigenvalue weighted by atomic mass is 16.4. The maximum atomic E-state index is 13.0. The molecule has 2 aliphatic heterocycles. The van der Waals surface area contributed by atoms with Gasteiger partial charge < -0.3 is 20.6 Å². The van der Waals surface area contributed by atoms with Gasteiger partial charge >= 0.3 is 5.97 Å². The predicted octanol–water partition coefficient (Wildman–Crippen LogP) is 3.95. The minimum atomic E-state index is -0.889.